The van der Waals surface area contributed by atoms with Gasteiger partial charge in [0.2, 0.25) is 0 Å². The second-order valence-electron chi connectivity index (χ2n) is 14.5. The first-order chi connectivity index (χ1) is 26.0. The molecule has 53 heavy (non-hydrogen) atoms. The van der Waals surface area contributed by atoms with Crippen molar-refractivity contribution in [3.8, 4) is 67.5 Å². The van der Waals surface area contributed by atoms with Crippen LogP contribution in [0.4, 0.5) is 0 Å². The maximum atomic E-state index is 5.21. The summed E-state index contributed by atoms with van der Waals surface area (Å²) >= 11 is 0. The van der Waals surface area contributed by atoms with Gasteiger partial charge in [-0.25, -0.2) is 15.0 Å². The van der Waals surface area contributed by atoms with Crippen molar-refractivity contribution in [2.24, 2.45) is 0 Å². The van der Waals surface area contributed by atoms with Crippen molar-refractivity contribution in [2.75, 3.05) is 0 Å². The van der Waals surface area contributed by atoms with E-state index in [9.17, 15) is 0 Å². The standard InChI is InChI=1S/C50H35N3/c1-50(2)45-21-13-12-20-42(45)44-30-36-23-22-35-26-37(24-25-41(35)43(36)31-46(44)50)48-51-47(34-18-10-5-11-19-34)52-49(53-48)40-28-38(32-14-6-3-7-15-32)27-39(29-40)33-16-8-4-9-17-33/h3-31H,1-2H3. The van der Waals surface area contributed by atoms with Crippen LogP contribution in [0.5, 0.6) is 0 Å². The summed E-state index contributed by atoms with van der Waals surface area (Å²) in [5, 5.41) is 4.89. The second-order valence-corrected chi connectivity index (χ2v) is 14.5. The summed E-state index contributed by atoms with van der Waals surface area (Å²) in [7, 11) is 0. The molecule has 0 fully saturated rings. The minimum atomic E-state index is -0.0600. The molecule has 0 spiro atoms. The molecule has 250 valence electrons. The molecule has 3 nitrogen and oxygen atoms in total. The lowest BCUT2D eigenvalue weighted by atomic mass is 9.81. The van der Waals surface area contributed by atoms with Crippen LogP contribution in [0.1, 0.15) is 25.0 Å². The summed E-state index contributed by atoms with van der Waals surface area (Å²) in [6.45, 7) is 4.68. The number of hydrogen-bond acceptors (Lipinski definition) is 3. The summed E-state index contributed by atoms with van der Waals surface area (Å²) < 4.78 is 0. The van der Waals surface area contributed by atoms with E-state index in [0.717, 1.165) is 44.3 Å². The number of fused-ring (bicyclic) bond motifs is 6. The first-order valence-corrected chi connectivity index (χ1v) is 18.2. The maximum absolute atomic E-state index is 5.21. The van der Waals surface area contributed by atoms with Gasteiger partial charge in [0.25, 0.3) is 0 Å². The molecule has 1 heterocycles. The zero-order valence-electron chi connectivity index (χ0n) is 29.6. The van der Waals surface area contributed by atoms with Crippen molar-refractivity contribution in [3.63, 3.8) is 0 Å². The van der Waals surface area contributed by atoms with E-state index in [2.05, 4.69) is 172 Å². The van der Waals surface area contributed by atoms with E-state index in [1.165, 1.54) is 38.4 Å². The van der Waals surface area contributed by atoms with Gasteiger partial charge in [0.15, 0.2) is 17.5 Å². The van der Waals surface area contributed by atoms with E-state index in [1.807, 2.05) is 18.2 Å². The molecule has 0 unspecified atom stereocenters. The Morgan fingerprint density at radius 2 is 0.830 bits per heavy atom. The Balaban J connectivity index is 1.14. The molecule has 1 aliphatic rings. The van der Waals surface area contributed by atoms with Crippen molar-refractivity contribution >= 4 is 21.5 Å². The molecule has 8 aromatic carbocycles. The van der Waals surface area contributed by atoms with Crippen LogP contribution >= 0.6 is 0 Å². The maximum Gasteiger partial charge on any atom is 0.164 e. The zero-order valence-corrected chi connectivity index (χ0v) is 29.6. The molecule has 0 saturated carbocycles. The summed E-state index contributed by atoms with van der Waals surface area (Å²) in [6.07, 6.45) is 0. The third kappa shape index (κ3) is 5.32. The number of rotatable bonds is 5. The van der Waals surface area contributed by atoms with Gasteiger partial charge in [-0.1, -0.05) is 153 Å². The average Bonchev–Trinajstić information content (AvgIpc) is 3.45. The van der Waals surface area contributed by atoms with Crippen molar-refractivity contribution in [1.29, 1.82) is 0 Å². The highest BCUT2D eigenvalue weighted by Crippen LogP contribution is 2.50. The smallest absolute Gasteiger partial charge is 0.164 e. The molecular formula is C50H35N3. The van der Waals surface area contributed by atoms with Gasteiger partial charge in [0.1, 0.15) is 0 Å². The first-order valence-electron chi connectivity index (χ1n) is 18.2. The topological polar surface area (TPSA) is 38.7 Å². The van der Waals surface area contributed by atoms with Gasteiger partial charge in [0, 0.05) is 22.1 Å². The summed E-state index contributed by atoms with van der Waals surface area (Å²) in [6, 6.07) is 62.6. The van der Waals surface area contributed by atoms with Crippen LogP contribution in [-0.4, -0.2) is 15.0 Å². The molecule has 0 amide bonds. The predicted molar refractivity (Wildman–Crippen MR) is 220 cm³/mol. The normalized spacial score (nSPS) is 12.9. The highest BCUT2D eigenvalue weighted by Gasteiger charge is 2.35. The molecule has 0 atom stereocenters. The number of hydrogen-bond donors (Lipinski definition) is 0. The molecule has 9 aromatic rings. The van der Waals surface area contributed by atoms with Crippen molar-refractivity contribution in [1.82, 2.24) is 15.0 Å². The Morgan fingerprint density at radius 3 is 1.47 bits per heavy atom. The molecule has 10 rings (SSSR count). The van der Waals surface area contributed by atoms with Crippen LogP contribution in [0.15, 0.2) is 176 Å². The molecule has 0 saturated heterocycles. The molecular weight excluding hydrogens is 643 g/mol. The number of benzene rings is 8. The van der Waals surface area contributed by atoms with E-state index in [0.29, 0.717) is 17.5 Å². The first kappa shape index (κ1) is 31.1. The fourth-order valence-electron chi connectivity index (χ4n) is 8.10. The van der Waals surface area contributed by atoms with Crippen LogP contribution < -0.4 is 0 Å². The Morgan fingerprint density at radius 1 is 0.321 bits per heavy atom. The zero-order chi connectivity index (χ0) is 35.5. The third-order valence-corrected chi connectivity index (χ3v) is 10.9. The minimum absolute atomic E-state index is 0.0600. The summed E-state index contributed by atoms with van der Waals surface area (Å²) in [5.41, 5.74) is 12.7. The van der Waals surface area contributed by atoms with E-state index in [-0.39, 0.29) is 5.41 Å². The molecule has 0 aliphatic heterocycles. The van der Waals surface area contributed by atoms with Crippen LogP contribution in [0.25, 0.3) is 89.1 Å². The summed E-state index contributed by atoms with van der Waals surface area (Å²) in [5.74, 6) is 1.93. The van der Waals surface area contributed by atoms with E-state index in [1.54, 1.807) is 0 Å². The lowest BCUT2D eigenvalue weighted by Crippen LogP contribution is -2.14. The fourth-order valence-corrected chi connectivity index (χ4v) is 8.10. The Hall–Kier alpha value is -6.71. The van der Waals surface area contributed by atoms with Crippen LogP contribution in [0.3, 0.4) is 0 Å². The molecule has 0 radical (unpaired) electrons. The highest BCUT2D eigenvalue weighted by atomic mass is 15.0. The van der Waals surface area contributed by atoms with Crippen LogP contribution in [0, 0.1) is 0 Å². The van der Waals surface area contributed by atoms with E-state index in [4.69, 9.17) is 15.0 Å². The molecule has 0 bridgehead atoms. The van der Waals surface area contributed by atoms with Crippen LogP contribution in [0.2, 0.25) is 0 Å². The Kier molecular flexibility index (Phi) is 7.16. The van der Waals surface area contributed by atoms with Gasteiger partial charge in [-0.3, -0.25) is 0 Å². The van der Waals surface area contributed by atoms with Gasteiger partial charge >= 0.3 is 0 Å². The Bertz CT molecular complexity index is 2780. The van der Waals surface area contributed by atoms with E-state index >= 15 is 0 Å². The molecule has 0 N–H and O–H groups in total. The van der Waals surface area contributed by atoms with Crippen molar-refractivity contribution in [2.45, 2.75) is 19.3 Å². The lowest BCUT2D eigenvalue weighted by Gasteiger charge is -2.22. The van der Waals surface area contributed by atoms with Crippen LogP contribution in [-0.2, 0) is 5.41 Å². The number of aromatic nitrogens is 3. The fraction of sp³-hybridized carbons (Fsp3) is 0.0600. The third-order valence-electron chi connectivity index (χ3n) is 10.9. The van der Waals surface area contributed by atoms with Gasteiger partial charge in [0.05, 0.1) is 0 Å². The molecule has 3 heteroatoms. The number of nitrogens with zero attached hydrogens (tertiary/aromatic N) is 3. The second kappa shape index (κ2) is 12.2. The summed E-state index contributed by atoms with van der Waals surface area (Å²) in [4.78, 5) is 15.4. The minimum Gasteiger partial charge on any atom is -0.208 e. The van der Waals surface area contributed by atoms with Crippen molar-refractivity contribution < 1.29 is 0 Å². The SMILES string of the molecule is CC1(C)c2ccccc2-c2cc3ccc4cc(-c5nc(-c6ccccc6)nc(-c6cc(-c7ccccc7)cc(-c7ccccc7)c6)n5)ccc4c3cc21. The van der Waals surface area contributed by atoms with Gasteiger partial charge in [-0.15, -0.1) is 0 Å². The van der Waals surface area contributed by atoms with E-state index < -0.39 is 0 Å². The largest absolute Gasteiger partial charge is 0.208 e. The monoisotopic (exact) mass is 677 g/mol. The Labute approximate surface area is 309 Å². The molecule has 1 aromatic heterocycles. The average molecular weight is 678 g/mol. The highest BCUT2D eigenvalue weighted by molar-refractivity contribution is 6.10. The van der Waals surface area contributed by atoms with Gasteiger partial charge in [-0.2, -0.15) is 0 Å². The quantitative estimate of drug-likeness (QED) is 0.170. The predicted octanol–water partition coefficient (Wildman–Crippen LogP) is 12.8. The molecule has 1 aliphatic carbocycles. The van der Waals surface area contributed by atoms with Gasteiger partial charge < -0.3 is 0 Å². The van der Waals surface area contributed by atoms with Crippen molar-refractivity contribution in [3.05, 3.63) is 187 Å². The van der Waals surface area contributed by atoms with Gasteiger partial charge in [-0.05, 0) is 102 Å². The lowest BCUT2D eigenvalue weighted by molar-refractivity contribution is 0.661.